The van der Waals surface area contributed by atoms with Gasteiger partial charge in [0.05, 0.1) is 11.3 Å². The molecule has 0 aliphatic carbocycles. The predicted molar refractivity (Wildman–Crippen MR) is 90.7 cm³/mol. The van der Waals surface area contributed by atoms with E-state index in [9.17, 15) is 18.0 Å². The molecule has 1 heterocycles. The summed E-state index contributed by atoms with van der Waals surface area (Å²) in [7, 11) is -4.19. The van der Waals surface area contributed by atoms with Gasteiger partial charge in [-0.3, -0.25) is 9.78 Å². The second-order valence-corrected chi connectivity index (χ2v) is 6.46. The second-order valence-electron chi connectivity index (χ2n) is 4.81. The number of carbonyl (C=O) groups is 2. The zero-order chi connectivity index (χ0) is 18.4. The molecule has 3 N–H and O–H groups in total. The lowest BCUT2D eigenvalue weighted by molar-refractivity contribution is 0.0696. The fourth-order valence-electron chi connectivity index (χ4n) is 1.91. The molecule has 0 fully saturated rings. The summed E-state index contributed by atoms with van der Waals surface area (Å²) in [6.45, 7) is 1.76. The van der Waals surface area contributed by atoms with Crippen molar-refractivity contribution in [3.8, 4) is 0 Å². The number of amides is 1. The summed E-state index contributed by atoms with van der Waals surface area (Å²) in [6.07, 6.45) is 4.35. The molecule has 2 rings (SSSR count). The van der Waals surface area contributed by atoms with Crippen LogP contribution in [-0.4, -0.2) is 30.4 Å². The number of aromatic nitrogens is 1. The molecule has 1 aromatic carbocycles. The lowest BCUT2D eigenvalue weighted by atomic mass is 10.2. The van der Waals surface area contributed by atoms with Gasteiger partial charge < -0.3 is 10.4 Å². The third-order valence-electron chi connectivity index (χ3n) is 3.05. The predicted octanol–water partition coefficient (Wildman–Crippen LogP) is 1.84. The lowest BCUT2D eigenvalue weighted by Crippen LogP contribution is -2.31. The summed E-state index contributed by atoms with van der Waals surface area (Å²) in [4.78, 5) is 26.7. The average Bonchev–Trinajstić information content (AvgIpc) is 2.60. The highest BCUT2D eigenvalue weighted by Gasteiger charge is 2.22. The number of aromatic carboxylic acids is 1. The molecule has 2 aromatic rings. The Bertz CT molecular complexity index is 938. The number of allylic oxidation sites excluding steroid dienone is 1. The highest BCUT2D eigenvalue weighted by Crippen LogP contribution is 2.21. The first-order chi connectivity index (χ1) is 11.8. The van der Waals surface area contributed by atoms with Crippen molar-refractivity contribution in [1.82, 2.24) is 9.71 Å². The zero-order valence-corrected chi connectivity index (χ0v) is 13.9. The topological polar surface area (TPSA) is 125 Å². The van der Waals surface area contributed by atoms with Crippen molar-refractivity contribution in [2.24, 2.45) is 0 Å². The van der Waals surface area contributed by atoms with Gasteiger partial charge in [0, 0.05) is 6.20 Å². The van der Waals surface area contributed by atoms with Crippen molar-refractivity contribution >= 4 is 27.6 Å². The van der Waals surface area contributed by atoms with Crippen LogP contribution < -0.4 is 10.0 Å². The van der Waals surface area contributed by atoms with Gasteiger partial charge >= 0.3 is 5.97 Å². The minimum Gasteiger partial charge on any atom is -0.478 e. The number of anilines is 1. The van der Waals surface area contributed by atoms with Gasteiger partial charge in [-0.05, 0) is 37.4 Å². The van der Waals surface area contributed by atoms with E-state index in [1.54, 1.807) is 31.3 Å². The molecule has 0 radical (unpaired) electrons. The third-order valence-corrected chi connectivity index (χ3v) is 4.44. The van der Waals surface area contributed by atoms with E-state index in [-0.39, 0.29) is 21.8 Å². The fourth-order valence-corrected chi connectivity index (χ4v) is 3.04. The van der Waals surface area contributed by atoms with Crippen LogP contribution in [0.2, 0.25) is 0 Å². The summed E-state index contributed by atoms with van der Waals surface area (Å²) in [5.74, 6) is -2.27. The molecule has 0 saturated heterocycles. The number of benzene rings is 1. The molecule has 0 unspecified atom stereocenters. The maximum Gasteiger partial charge on any atom is 0.335 e. The van der Waals surface area contributed by atoms with E-state index in [1.807, 2.05) is 4.72 Å². The molecule has 9 heteroatoms. The number of pyridine rings is 1. The maximum absolute atomic E-state index is 12.5. The molecular weight excluding hydrogens is 346 g/mol. The van der Waals surface area contributed by atoms with Gasteiger partial charge in [0.25, 0.3) is 15.9 Å². The van der Waals surface area contributed by atoms with Gasteiger partial charge in [-0.1, -0.05) is 18.2 Å². The van der Waals surface area contributed by atoms with Crippen LogP contribution in [0, 0.1) is 0 Å². The lowest BCUT2D eigenvalue weighted by Gasteiger charge is -2.11. The van der Waals surface area contributed by atoms with E-state index in [0.717, 1.165) is 12.3 Å². The number of nitrogens with one attached hydrogen (secondary N) is 2. The number of sulfonamides is 1. The number of hydrogen-bond donors (Lipinski definition) is 3. The van der Waals surface area contributed by atoms with Gasteiger partial charge in [-0.25, -0.2) is 17.9 Å². The number of carbonyl (C=O) groups excluding carboxylic acids is 1. The van der Waals surface area contributed by atoms with Crippen LogP contribution >= 0.6 is 0 Å². The molecule has 8 nitrogen and oxygen atoms in total. The summed E-state index contributed by atoms with van der Waals surface area (Å²) in [5.41, 5.74) is -0.205. The molecule has 0 spiro atoms. The number of hydrogen-bond acceptors (Lipinski definition) is 6. The van der Waals surface area contributed by atoms with Crippen molar-refractivity contribution in [1.29, 1.82) is 0 Å². The van der Waals surface area contributed by atoms with Crippen molar-refractivity contribution in [2.45, 2.75) is 11.8 Å². The Morgan fingerprint density at radius 2 is 1.92 bits per heavy atom. The largest absolute Gasteiger partial charge is 0.478 e. The number of carboxylic acid groups (broad SMARTS) is 1. The van der Waals surface area contributed by atoms with Gasteiger partial charge in [0.1, 0.15) is 10.6 Å². The molecular formula is C16H15N3O5S. The Morgan fingerprint density at radius 3 is 2.60 bits per heavy atom. The van der Waals surface area contributed by atoms with Crippen molar-refractivity contribution in [3.63, 3.8) is 0 Å². The summed E-state index contributed by atoms with van der Waals surface area (Å²) in [5, 5.41) is 11.7. The van der Waals surface area contributed by atoms with Crippen LogP contribution in [-0.2, 0) is 10.0 Å². The average molecular weight is 361 g/mol. The van der Waals surface area contributed by atoms with E-state index < -0.39 is 21.9 Å². The van der Waals surface area contributed by atoms with E-state index >= 15 is 0 Å². The normalized spacial score (nSPS) is 11.2. The van der Waals surface area contributed by atoms with Gasteiger partial charge in [-0.15, -0.1) is 0 Å². The molecule has 0 aliphatic heterocycles. The smallest absolute Gasteiger partial charge is 0.335 e. The van der Waals surface area contributed by atoms with Crippen molar-refractivity contribution in [2.75, 3.05) is 5.32 Å². The molecule has 0 bridgehead atoms. The first kappa shape index (κ1) is 18.1. The molecule has 1 aromatic heterocycles. The maximum atomic E-state index is 12.5. The van der Waals surface area contributed by atoms with Crippen LogP contribution in [0.1, 0.15) is 27.8 Å². The van der Waals surface area contributed by atoms with Gasteiger partial charge in [0.15, 0.2) is 0 Å². The molecule has 25 heavy (non-hydrogen) atoms. The SMILES string of the molecule is CC=CNc1ccccc1S(=O)(=O)NC(=O)c1cc(C(=O)O)ccn1. The number of rotatable bonds is 6. The van der Waals surface area contributed by atoms with Crippen LogP contribution in [0.15, 0.2) is 59.8 Å². The minimum atomic E-state index is -4.19. The molecule has 0 saturated carbocycles. The quantitative estimate of drug-likeness (QED) is 0.717. The van der Waals surface area contributed by atoms with E-state index in [4.69, 9.17) is 5.11 Å². The van der Waals surface area contributed by atoms with Crippen LogP contribution in [0.25, 0.3) is 0 Å². The molecule has 130 valence electrons. The first-order valence-corrected chi connectivity index (χ1v) is 8.56. The summed E-state index contributed by atoms with van der Waals surface area (Å²) in [6, 6.07) is 8.24. The summed E-state index contributed by atoms with van der Waals surface area (Å²) >= 11 is 0. The van der Waals surface area contributed by atoms with Gasteiger partial charge in [0.2, 0.25) is 0 Å². The van der Waals surface area contributed by atoms with Crippen molar-refractivity contribution < 1.29 is 23.1 Å². The Balaban J connectivity index is 2.31. The summed E-state index contributed by atoms with van der Waals surface area (Å²) < 4.78 is 26.8. The standard InChI is InChI=1S/C16H15N3O5S/c1-2-8-17-12-5-3-4-6-14(12)25(23,24)19-15(20)13-10-11(16(21)22)7-9-18-13/h2-10,17H,1H3,(H,19,20)(H,21,22). The number of nitrogens with zero attached hydrogens (tertiary/aromatic N) is 1. The van der Waals surface area contributed by atoms with Gasteiger partial charge in [-0.2, -0.15) is 0 Å². The Hall–Kier alpha value is -3.20. The Kier molecular flexibility index (Phi) is 5.50. The highest BCUT2D eigenvalue weighted by molar-refractivity contribution is 7.90. The van der Waals surface area contributed by atoms with Crippen LogP contribution in [0.3, 0.4) is 0 Å². The number of para-hydroxylation sites is 1. The van der Waals surface area contributed by atoms with Crippen LogP contribution in [0.5, 0.6) is 0 Å². The molecule has 0 aliphatic rings. The van der Waals surface area contributed by atoms with E-state index in [0.29, 0.717) is 0 Å². The van der Waals surface area contributed by atoms with Crippen molar-refractivity contribution in [3.05, 3.63) is 66.1 Å². The molecule has 0 atom stereocenters. The Morgan fingerprint density at radius 1 is 1.20 bits per heavy atom. The third kappa shape index (κ3) is 4.42. The highest BCUT2D eigenvalue weighted by atomic mass is 32.2. The van der Waals surface area contributed by atoms with Crippen LogP contribution in [0.4, 0.5) is 5.69 Å². The second kappa shape index (κ2) is 7.58. The van der Waals surface area contributed by atoms with E-state index in [1.165, 1.54) is 18.2 Å². The fraction of sp³-hybridized carbons (Fsp3) is 0.0625. The number of carboxylic acids is 1. The Labute approximate surface area is 144 Å². The molecule has 1 amide bonds. The minimum absolute atomic E-state index is 0.129. The zero-order valence-electron chi connectivity index (χ0n) is 13.1. The monoisotopic (exact) mass is 361 g/mol. The first-order valence-electron chi connectivity index (χ1n) is 7.08. The van der Waals surface area contributed by atoms with E-state index in [2.05, 4.69) is 10.3 Å².